The van der Waals surface area contributed by atoms with Gasteiger partial charge >= 0.3 is 5.69 Å². The SMILES string of the molecule is O=c1[nH]cc(C(Cl)Cl)c(=O)[nH]1. The zero-order chi connectivity index (χ0) is 8.43. The standard InChI is InChI=1S/C5H4Cl2N2O2/c6-3(7)2-1-8-5(11)9-4(2)10/h1,3H,(H2,8,9,10,11). The van der Waals surface area contributed by atoms with Gasteiger partial charge in [0.05, 0.1) is 5.56 Å². The van der Waals surface area contributed by atoms with Gasteiger partial charge in [-0.2, -0.15) is 0 Å². The fourth-order valence-corrected chi connectivity index (χ4v) is 0.906. The number of aromatic amines is 2. The first-order valence-electron chi connectivity index (χ1n) is 2.71. The van der Waals surface area contributed by atoms with Crippen LogP contribution in [-0.2, 0) is 0 Å². The number of hydrogen-bond acceptors (Lipinski definition) is 2. The van der Waals surface area contributed by atoms with E-state index in [1.165, 1.54) is 6.20 Å². The first kappa shape index (κ1) is 8.36. The Morgan fingerprint density at radius 3 is 2.45 bits per heavy atom. The van der Waals surface area contributed by atoms with E-state index in [2.05, 4.69) is 4.98 Å². The second kappa shape index (κ2) is 3.11. The Hall–Kier alpha value is -0.740. The average molecular weight is 195 g/mol. The van der Waals surface area contributed by atoms with Crippen molar-refractivity contribution >= 4 is 23.2 Å². The highest BCUT2D eigenvalue weighted by molar-refractivity contribution is 6.43. The van der Waals surface area contributed by atoms with E-state index in [0.29, 0.717) is 0 Å². The van der Waals surface area contributed by atoms with E-state index in [0.717, 1.165) is 0 Å². The van der Waals surface area contributed by atoms with Crippen LogP contribution in [-0.4, -0.2) is 9.97 Å². The van der Waals surface area contributed by atoms with Crippen molar-refractivity contribution in [2.24, 2.45) is 0 Å². The Balaban J connectivity index is 3.32. The maximum absolute atomic E-state index is 10.8. The quantitative estimate of drug-likeness (QED) is 0.642. The normalized spacial score (nSPS) is 10.5. The molecule has 0 amide bonds. The van der Waals surface area contributed by atoms with Crippen molar-refractivity contribution in [1.29, 1.82) is 0 Å². The summed E-state index contributed by atoms with van der Waals surface area (Å²) in [7, 11) is 0. The third kappa shape index (κ3) is 1.85. The highest BCUT2D eigenvalue weighted by Gasteiger charge is 2.07. The minimum atomic E-state index is -0.921. The van der Waals surface area contributed by atoms with Crippen molar-refractivity contribution in [2.45, 2.75) is 4.84 Å². The summed E-state index contributed by atoms with van der Waals surface area (Å²) in [5, 5.41) is 0. The number of alkyl halides is 2. The molecule has 0 aliphatic heterocycles. The van der Waals surface area contributed by atoms with Gasteiger partial charge in [-0.15, -0.1) is 0 Å². The van der Waals surface area contributed by atoms with E-state index in [-0.39, 0.29) is 5.56 Å². The van der Waals surface area contributed by atoms with Crippen LogP contribution in [0.5, 0.6) is 0 Å². The highest BCUT2D eigenvalue weighted by atomic mass is 35.5. The average Bonchev–Trinajstić information content (AvgIpc) is 1.85. The lowest BCUT2D eigenvalue weighted by Gasteiger charge is -1.96. The van der Waals surface area contributed by atoms with Crippen LogP contribution in [0.3, 0.4) is 0 Å². The van der Waals surface area contributed by atoms with Crippen molar-refractivity contribution in [1.82, 2.24) is 9.97 Å². The van der Waals surface area contributed by atoms with E-state index >= 15 is 0 Å². The fourth-order valence-electron chi connectivity index (χ4n) is 0.582. The first-order valence-corrected chi connectivity index (χ1v) is 3.58. The fraction of sp³-hybridized carbons (Fsp3) is 0.200. The molecular weight excluding hydrogens is 191 g/mol. The number of H-pyrrole nitrogens is 2. The number of hydrogen-bond donors (Lipinski definition) is 2. The summed E-state index contributed by atoms with van der Waals surface area (Å²) < 4.78 is 0. The third-order valence-corrected chi connectivity index (χ3v) is 1.55. The first-order chi connectivity index (χ1) is 5.11. The van der Waals surface area contributed by atoms with Gasteiger partial charge in [0.2, 0.25) is 0 Å². The van der Waals surface area contributed by atoms with Crippen molar-refractivity contribution in [2.75, 3.05) is 0 Å². The van der Waals surface area contributed by atoms with E-state index in [4.69, 9.17) is 23.2 Å². The topological polar surface area (TPSA) is 65.7 Å². The summed E-state index contributed by atoms with van der Waals surface area (Å²) in [6, 6.07) is 0. The lowest BCUT2D eigenvalue weighted by molar-refractivity contribution is 0.993. The molecule has 60 valence electrons. The molecule has 0 atom stereocenters. The van der Waals surface area contributed by atoms with Crippen molar-refractivity contribution in [3.8, 4) is 0 Å². The molecular formula is C5H4Cl2N2O2. The second-order valence-corrected chi connectivity index (χ2v) is 2.92. The van der Waals surface area contributed by atoms with Gasteiger partial charge in [0.1, 0.15) is 4.84 Å². The van der Waals surface area contributed by atoms with Crippen LogP contribution >= 0.6 is 23.2 Å². The Morgan fingerprint density at radius 1 is 1.36 bits per heavy atom. The molecule has 0 saturated carbocycles. The summed E-state index contributed by atoms with van der Waals surface area (Å²) in [5.74, 6) is 0. The minimum absolute atomic E-state index is 0.132. The molecule has 0 unspecified atom stereocenters. The van der Waals surface area contributed by atoms with E-state index in [9.17, 15) is 9.59 Å². The van der Waals surface area contributed by atoms with Crippen molar-refractivity contribution in [3.05, 3.63) is 32.6 Å². The summed E-state index contributed by atoms with van der Waals surface area (Å²) in [6.07, 6.45) is 1.19. The predicted octanol–water partition coefficient (Wildman–Crippen LogP) is 0.539. The Morgan fingerprint density at radius 2 is 2.00 bits per heavy atom. The number of nitrogens with one attached hydrogen (secondary N) is 2. The smallest absolute Gasteiger partial charge is 0.314 e. The Bertz CT molecular complexity index is 354. The maximum atomic E-state index is 10.8. The highest BCUT2D eigenvalue weighted by Crippen LogP contribution is 2.19. The maximum Gasteiger partial charge on any atom is 0.325 e. The third-order valence-electron chi connectivity index (χ3n) is 1.08. The molecule has 1 heterocycles. The van der Waals surface area contributed by atoms with E-state index < -0.39 is 16.1 Å². The van der Waals surface area contributed by atoms with Gasteiger partial charge in [-0.1, -0.05) is 23.2 Å². The monoisotopic (exact) mass is 194 g/mol. The molecule has 1 rings (SSSR count). The molecule has 0 saturated heterocycles. The molecule has 0 fully saturated rings. The Labute approximate surface area is 71.2 Å². The molecule has 0 aliphatic rings. The van der Waals surface area contributed by atoms with Crippen LogP contribution in [0.25, 0.3) is 0 Å². The second-order valence-electron chi connectivity index (χ2n) is 1.83. The Kier molecular flexibility index (Phi) is 2.36. The molecule has 4 nitrogen and oxygen atoms in total. The molecule has 0 aromatic carbocycles. The summed E-state index contributed by atoms with van der Waals surface area (Å²) in [6.45, 7) is 0. The zero-order valence-electron chi connectivity index (χ0n) is 5.23. The van der Waals surface area contributed by atoms with Gasteiger partial charge in [0.15, 0.2) is 0 Å². The van der Waals surface area contributed by atoms with E-state index in [1.54, 1.807) is 0 Å². The van der Waals surface area contributed by atoms with Gasteiger partial charge in [0, 0.05) is 6.20 Å². The van der Waals surface area contributed by atoms with Gasteiger partial charge in [-0.3, -0.25) is 9.78 Å². The van der Waals surface area contributed by atoms with Crippen LogP contribution in [0.4, 0.5) is 0 Å². The van der Waals surface area contributed by atoms with Gasteiger partial charge in [-0.25, -0.2) is 4.79 Å². The van der Waals surface area contributed by atoms with Crippen LogP contribution in [0.1, 0.15) is 10.4 Å². The lowest BCUT2D eigenvalue weighted by Crippen LogP contribution is -2.24. The van der Waals surface area contributed by atoms with Crippen LogP contribution in [0.2, 0.25) is 0 Å². The number of halogens is 2. The van der Waals surface area contributed by atoms with Crippen LogP contribution in [0, 0.1) is 0 Å². The summed E-state index contributed by atoms with van der Waals surface area (Å²) in [4.78, 5) is 24.6. The van der Waals surface area contributed by atoms with Gasteiger partial charge in [-0.05, 0) is 0 Å². The molecule has 1 aromatic heterocycles. The number of rotatable bonds is 1. The van der Waals surface area contributed by atoms with Crippen LogP contribution < -0.4 is 11.2 Å². The molecule has 1 aromatic rings. The summed E-state index contributed by atoms with van der Waals surface area (Å²) >= 11 is 10.8. The molecule has 0 aliphatic carbocycles. The molecule has 0 spiro atoms. The summed E-state index contributed by atoms with van der Waals surface area (Å²) in [5.41, 5.74) is -1.01. The largest absolute Gasteiger partial charge is 0.325 e. The molecule has 11 heavy (non-hydrogen) atoms. The zero-order valence-corrected chi connectivity index (χ0v) is 6.74. The van der Waals surface area contributed by atoms with Crippen molar-refractivity contribution in [3.63, 3.8) is 0 Å². The number of aromatic nitrogens is 2. The minimum Gasteiger partial charge on any atom is -0.314 e. The van der Waals surface area contributed by atoms with Gasteiger partial charge < -0.3 is 4.98 Å². The molecule has 6 heteroatoms. The van der Waals surface area contributed by atoms with Gasteiger partial charge in [0.25, 0.3) is 5.56 Å². The molecule has 0 bridgehead atoms. The lowest BCUT2D eigenvalue weighted by atomic mass is 10.4. The van der Waals surface area contributed by atoms with Crippen molar-refractivity contribution < 1.29 is 0 Å². The molecule has 0 radical (unpaired) electrons. The predicted molar refractivity (Wildman–Crippen MR) is 42.1 cm³/mol. The van der Waals surface area contributed by atoms with E-state index in [1.807, 2.05) is 4.98 Å². The van der Waals surface area contributed by atoms with Crippen LogP contribution in [0.15, 0.2) is 15.8 Å². The molecule has 2 N–H and O–H groups in total.